The van der Waals surface area contributed by atoms with Crippen LogP contribution in [-0.2, 0) is 26.2 Å². The first-order valence-electron chi connectivity index (χ1n) is 16.9. The Bertz CT molecular complexity index is 1370. The number of esters is 1. The van der Waals surface area contributed by atoms with Crippen molar-refractivity contribution in [2.75, 3.05) is 26.8 Å². The quantitative estimate of drug-likeness (QED) is 0.225. The van der Waals surface area contributed by atoms with E-state index < -0.39 is 17.2 Å². The summed E-state index contributed by atoms with van der Waals surface area (Å²) < 4.78 is 59.6. The predicted octanol–water partition coefficient (Wildman–Crippen LogP) is 9.53. The Morgan fingerprint density at radius 2 is 1.66 bits per heavy atom. The van der Waals surface area contributed by atoms with Gasteiger partial charge in [-0.05, 0) is 128 Å². The zero-order chi connectivity index (χ0) is 34.7. The van der Waals surface area contributed by atoms with Crippen molar-refractivity contribution >= 4 is 11.5 Å². The number of ether oxygens (including phenoxy) is 3. The van der Waals surface area contributed by atoms with Gasteiger partial charge in [0.15, 0.2) is 0 Å². The molecule has 0 bridgehead atoms. The molecule has 1 heterocycles. The number of allylic oxidation sites excluding steroid dienone is 2. The van der Waals surface area contributed by atoms with E-state index in [0.717, 1.165) is 42.6 Å². The third-order valence-corrected chi connectivity index (χ3v) is 9.71. The topological polar surface area (TPSA) is 48.0 Å². The third-order valence-electron chi connectivity index (χ3n) is 9.71. The van der Waals surface area contributed by atoms with Gasteiger partial charge in [-0.15, -0.1) is 0 Å². The van der Waals surface area contributed by atoms with E-state index in [9.17, 15) is 18.0 Å². The maximum absolute atomic E-state index is 14.2. The van der Waals surface area contributed by atoms with Crippen LogP contribution >= 0.6 is 0 Å². The number of rotatable bonds is 11. The second kappa shape index (κ2) is 14.3. The van der Waals surface area contributed by atoms with Crippen LogP contribution in [0.3, 0.4) is 0 Å². The van der Waals surface area contributed by atoms with E-state index in [2.05, 4.69) is 44.2 Å². The van der Waals surface area contributed by atoms with Crippen molar-refractivity contribution in [3.8, 4) is 5.75 Å². The van der Waals surface area contributed by atoms with Crippen LogP contribution in [0.2, 0.25) is 0 Å². The maximum atomic E-state index is 14.2. The molecule has 1 fully saturated rings. The second-order valence-electron chi connectivity index (χ2n) is 15.8. The van der Waals surface area contributed by atoms with Crippen molar-refractivity contribution in [1.29, 1.82) is 0 Å². The molecule has 2 aromatic carbocycles. The SMILES string of the molecule is COc1ccc([C@]2(CCN(Cc3ccc(C4=CC[C@@H](C(=O)OC(C)(C)C)CC4)cc3)CC(C)(C)C(F)(F)F)CCOC(C)(C)C2)cc1. The number of carbonyl (C=O) groups is 1. The van der Waals surface area contributed by atoms with Crippen molar-refractivity contribution in [2.45, 2.75) is 116 Å². The first-order chi connectivity index (χ1) is 21.8. The minimum Gasteiger partial charge on any atom is -0.497 e. The van der Waals surface area contributed by atoms with Crippen LogP contribution < -0.4 is 4.74 Å². The van der Waals surface area contributed by atoms with Crippen LogP contribution in [0.5, 0.6) is 5.75 Å². The molecule has 1 aliphatic carbocycles. The van der Waals surface area contributed by atoms with Crippen molar-refractivity contribution in [3.63, 3.8) is 0 Å². The molecule has 1 saturated heterocycles. The van der Waals surface area contributed by atoms with Gasteiger partial charge in [0.05, 0.1) is 24.0 Å². The summed E-state index contributed by atoms with van der Waals surface area (Å²) in [5.41, 5.74) is 1.47. The van der Waals surface area contributed by atoms with Gasteiger partial charge in [0, 0.05) is 25.1 Å². The van der Waals surface area contributed by atoms with E-state index in [0.29, 0.717) is 32.5 Å². The normalized spacial score (nSPS) is 22.1. The molecule has 0 N–H and O–H groups in total. The molecule has 2 aromatic rings. The van der Waals surface area contributed by atoms with Crippen molar-refractivity contribution < 1.29 is 32.2 Å². The highest BCUT2D eigenvalue weighted by molar-refractivity contribution is 5.76. The molecule has 0 radical (unpaired) electrons. The van der Waals surface area contributed by atoms with E-state index in [-0.39, 0.29) is 29.4 Å². The minimum absolute atomic E-state index is 0.103. The molecule has 0 aromatic heterocycles. The van der Waals surface area contributed by atoms with Crippen LogP contribution in [-0.4, -0.2) is 55.1 Å². The molecule has 0 unspecified atom stereocenters. The first-order valence-corrected chi connectivity index (χ1v) is 16.9. The number of hydrogen-bond acceptors (Lipinski definition) is 5. The maximum Gasteiger partial charge on any atom is 0.395 e. The number of halogens is 3. The van der Waals surface area contributed by atoms with Gasteiger partial charge in [0.2, 0.25) is 0 Å². The standard InChI is InChI=1S/C39H54F3NO4/c1-35(2,3)47-34(44)31-15-13-30(14-16-31)29-11-9-28(10-12-29)25-43(27-36(4,5)39(40,41)42)23-21-38(22-24-46-37(6,7)26-38)32-17-19-33(45-8)20-18-32/h9-13,17-20,31H,14-16,21-27H2,1-8H3/t31-,38-/m1/s1. The van der Waals surface area contributed by atoms with E-state index in [1.54, 1.807) is 7.11 Å². The predicted molar refractivity (Wildman–Crippen MR) is 181 cm³/mol. The van der Waals surface area contributed by atoms with Crippen molar-refractivity contribution in [3.05, 3.63) is 71.3 Å². The summed E-state index contributed by atoms with van der Waals surface area (Å²) in [6, 6.07) is 16.3. The summed E-state index contributed by atoms with van der Waals surface area (Å²) in [5.74, 6) is 0.493. The van der Waals surface area contributed by atoms with E-state index >= 15 is 0 Å². The van der Waals surface area contributed by atoms with Gasteiger partial charge >= 0.3 is 12.1 Å². The lowest BCUT2D eigenvalue weighted by Crippen LogP contribution is -2.47. The average Bonchev–Trinajstić information content (AvgIpc) is 2.98. The lowest BCUT2D eigenvalue weighted by Gasteiger charge is -2.46. The molecular formula is C39H54F3NO4. The Hall–Kier alpha value is -2.84. The molecule has 0 amide bonds. The van der Waals surface area contributed by atoms with Crippen molar-refractivity contribution in [1.82, 2.24) is 4.90 Å². The average molecular weight is 658 g/mol. The van der Waals surface area contributed by atoms with Gasteiger partial charge in [-0.2, -0.15) is 13.2 Å². The Morgan fingerprint density at radius 3 is 2.19 bits per heavy atom. The van der Waals surface area contributed by atoms with E-state index in [1.807, 2.05) is 49.9 Å². The fourth-order valence-electron chi connectivity index (χ4n) is 7.04. The molecule has 47 heavy (non-hydrogen) atoms. The third kappa shape index (κ3) is 9.85. The van der Waals surface area contributed by atoms with Gasteiger partial charge in [0.1, 0.15) is 11.4 Å². The summed E-state index contributed by atoms with van der Waals surface area (Å²) in [6.07, 6.45) is 2.25. The molecular weight excluding hydrogens is 603 g/mol. The van der Waals surface area contributed by atoms with E-state index in [1.165, 1.54) is 25.0 Å². The Kier molecular flexibility index (Phi) is 11.3. The highest BCUT2D eigenvalue weighted by Gasteiger charge is 2.48. The number of nitrogens with zero attached hydrogens (tertiary/aromatic N) is 1. The van der Waals surface area contributed by atoms with Gasteiger partial charge in [-0.25, -0.2) is 0 Å². The first kappa shape index (κ1) is 37.0. The highest BCUT2D eigenvalue weighted by Crippen LogP contribution is 2.45. The summed E-state index contributed by atoms with van der Waals surface area (Å²) >= 11 is 0. The number of methoxy groups -OCH3 is 1. The lowest BCUT2D eigenvalue weighted by molar-refractivity contribution is -0.217. The Balaban J connectivity index is 1.52. The Morgan fingerprint density at radius 1 is 1.00 bits per heavy atom. The van der Waals surface area contributed by atoms with Crippen LogP contribution in [0, 0.1) is 11.3 Å². The highest BCUT2D eigenvalue weighted by atomic mass is 19.4. The smallest absolute Gasteiger partial charge is 0.395 e. The van der Waals surface area contributed by atoms with E-state index in [4.69, 9.17) is 14.2 Å². The van der Waals surface area contributed by atoms with Crippen LogP contribution in [0.4, 0.5) is 13.2 Å². The monoisotopic (exact) mass is 657 g/mol. The number of carbonyl (C=O) groups excluding carboxylic acids is 1. The zero-order valence-corrected chi connectivity index (χ0v) is 29.6. The van der Waals surface area contributed by atoms with Crippen molar-refractivity contribution in [2.24, 2.45) is 11.3 Å². The number of alkyl halides is 3. The van der Waals surface area contributed by atoms with Gasteiger partial charge in [0.25, 0.3) is 0 Å². The molecule has 4 rings (SSSR count). The largest absolute Gasteiger partial charge is 0.497 e. The molecule has 260 valence electrons. The number of hydrogen-bond donors (Lipinski definition) is 0. The molecule has 5 nitrogen and oxygen atoms in total. The summed E-state index contributed by atoms with van der Waals surface area (Å²) in [6.45, 7) is 13.8. The minimum atomic E-state index is -4.33. The molecule has 0 saturated carbocycles. The second-order valence-corrected chi connectivity index (χ2v) is 15.8. The van der Waals surface area contributed by atoms with Crippen LogP contribution in [0.1, 0.15) is 104 Å². The summed E-state index contributed by atoms with van der Waals surface area (Å²) in [7, 11) is 1.64. The van der Waals surface area contributed by atoms with Gasteiger partial charge < -0.3 is 14.2 Å². The molecule has 2 atom stereocenters. The lowest BCUT2D eigenvalue weighted by atomic mass is 9.67. The molecule has 0 spiro atoms. The molecule has 8 heteroatoms. The fourth-order valence-corrected chi connectivity index (χ4v) is 7.04. The number of benzene rings is 2. The summed E-state index contributed by atoms with van der Waals surface area (Å²) in [5, 5.41) is 0. The van der Waals surface area contributed by atoms with Gasteiger partial charge in [-0.1, -0.05) is 42.5 Å². The summed E-state index contributed by atoms with van der Waals surface area (Å²) in [4.78, 5) is 14.5. The fraction of sp³-hybridized carbons (Fsp3) is 0.615. The van der Waals surface area contributed by atoms with Gasteiger partial charge in [-0.3, -0.25) is 9.69 Å². The van der Waals surface area contributed by atoms with Crippen LogP contribution in [0.25, 0.3) is 5.57 Å². The Labute approximate surface area is 279 Å². The molecule has 1 aliphatic heterocycles. The molecule has 2 aliphatic rings. The zero-order valence-electron chi connectivity index (χ0n) is 29.6. The van der Waals surface area contributed by atoms with Crippen LogP contribution in [0.15, 0.2) is 54.6 Å².